The van der Waals surface area contributed by atoms with Gasteiger partial charge in [-0.3, -0.25) is 4.79 Å². The number of benzene rings is 1. The van der Waals surface area contributed by atoms with Gasteiger partial charge in [0, 0.05) is 12.6 Å². The van der Waals surface area contributed by atoms with E-state index in [2.05, 4.69) is 17.6 Å². The molecule has 1 saturated heterocycles. The van der Waals surface area contributed by atoms with Gasteiger partial charge in [-0.15, -0.1) is 12.4 Å². The van der Waals surface area contributed by atoms with Gasteiger partial charge in [-0.25, -0.2) is 4.39 Å². The standard InChI is InChI=1S/C14H19FN2O.ClH/c1-10-5-6-16-9-13(10)17-14(18)8-11-3-2-4-12(15)7-11;/h2-4,7,10,13,16H,5-6,8-9H2,1H3,(H,17,18);1H. The number of carbonyl (C=O) groups excluding carboxylic acids is 1. The van der Waals surface area contributed by atoms with Crippen molar-refractivity contribution in [2.24, 2.45) is 5.92 Å². The summed E-state index contributed by atoms with van der Waals surface area (Å²) in [4.78, 5) is 11.9. The van der Waals surface area contributed by atoms with Gasteiger partial charge >= 0.3 is 0 Å². The van der Waals surface area contributed by atoms with Gasteiger partial charge in [-0.2, -0.15) is 0 Å². The third-order valence-electron chi connectivity index (χ3n) is 3.43. The van der Waals surface area contributed by atoms with Gasteiger partial charge in [-0.1, -0.05) is 19.1 Å². The van der Waals surface area contributed by atoms with Crippen LogP contribution in [0.5, 0.6) is 0 Å². The largest absolute Gasteiger partial charge is 0.352 e. The highest BCUT2D eigenvalue weighted by Crippen LogP contribution is 2.11. The first-order chi connectivity index (χ1) is 8.65. The van der Waals surface area contributed by atoms with Gasteiger partial charge in [0.05, 0.1) is 6.42 Å². The summed E-state index contributed by atoms with van der Waals surface area (Å²) in [5.74, 6) is 0.150. The quantitative estimate of drug-likeness (QED) is 0.891. The molecule has 1 aromatic rings. The van der Waals surface area contributed by atoms with Gasteiger partial charge in [-0.05, 0) is 36.6 Å². The molecule has 2 rings (SSSR count). The highest BCUT2D eigenvalue weighted by atomic mass is 35.5. The Balaban J connectivity index is 0.00000180. The summed E-state index contributed by atoms with van der Waals surface area (Å²) in [5, 5.41) is 6.28. The van der Waals surface area contributed by atoms with Gasteiger partial charge in [0.2, 0.25) is 5.91 Å². The molecule has 3 nitrogen and oxygen atoms in total. The molecular formula is C14H20ClFN2O. The van der Waals surface area contributed by atoms with E-state index in [1.807, 2.05) is 0 Å². The van der Waals surface area contributed by atoms with Crippen molar-refractivity contribution in [1.29, 1.82) is 0 Å². The number of rotatable bonds is 3. The minimum absolute atomic E-state index is 0. The summed E-state index contributed by atoms with van der Waals surface area (Å²) in [6.07, 6.45) is 1.31. The van der Waals surface area contributed by atoms with E-state index in [1.54, 1.807) is 12.1 Å². The molecule has 19 heavy (non-hydrogen) atoms. The molecule has 0 aromatic heterocycles. The number of nitrogens with one attached hydrogen (secondary N) is 2. The molecule has 2 unspecified atom stereocenters. The van der Waals surface area contributed by atoms with E-state index in [0.29, 0.717) is 11.5 Å². The predicted octanol–water partition coefficient (Wildman–Crippen LogP) is 1.90. The van der Waals surface area contributed by atoms with Crippen LogP contribution >= 0.6 is 12.4 Å². The predicted molar refractivity (Wildman–Crippen MR) is 75.9 cm³/mol. The summed E-state index contributed by atoms with van der Waals surface area (Å²) in [6, 6.07) is 6.37. The van der Waals surface area contributed by atoms with Crippen LogP contribution in [0.15, 0.2) is 24.3 Å². The molecule has 0 saturated carbocycles. The van der Waals surface area contributed by atoms with Crippen LogP contribution in [0.4, 0.5) is 4.39 Å². The average Bonchev–Trinajstić information content (AvgIpc) is 2.32. The van der Waals surface area contributed by atoms with Crippen molar-refractivity contribution in [3.8, 4) is 0 Å². The second kappa shape index (κ2) is 7.46. The smallest absolute Gasteiger partial charge is 0.224 e. The van der Waals surface area contributed by atoms with Crippen LogP contribution in [0.1, 0.15) is 18.9 Å². The molecule has 0 bridgehead atoms. The van der Waals surface area contributed by atoms with E-state index in [-0.39, 0.29) is 36.6 Å². The Bertz CT molecular complexity index is 428. The Hall–Kier alpha value is -1.13. The molecule has 2 N–H and O–H groups in total. The molecule has 2 atom stereocenters. The number of hydrogen-bond donors (Lipinski definition) is 2. The first-order valence-corrected chi connectivity index (χ1v) is 6.39. The number of hydrogen-bond acceptors (Lipinski definition) is 2. The fourth-order valence-corrected chi connectivity index (χ4v) is 2.27. The maximum absolute atomic E-state index is 13.0. The monoisotopic (exact) mass is 286 g/mol. The molecule has 1 heterocycles. The minimum Gasteiger partial charge on any atom is -0.352 e. The van der Waals surface area contributed by atoms with Crippen molar-refractivity contribution in [2.45, 2.75) is 25.8 Å². The fourth-order valence-electron chi connectivity index (χ4n) is 2.27. The van der Waals surface area contributed by atoms with Crippen molar-refractivity contribution in [2.75, 3.05) is 13.1 Å². The van der Waals surface area contributed by atoms with Gasteiger partial charge in [0.25, 0.3) is 0 Å². The number of carbonyl (C=O) groups is 1. The maximum Gasteiger partial charge on any atom is 0.224 e. The Kier molecular flexibility index (Phi) is 6.25. The molecule has 1 fully saturated rings. The molecule has 1 amide bonds. The Morgan fingerprint density at radius 3 is 3.00 bits per heavy atom. The zero-order valence-corrected chi connectivity index (χ0v) is 11.8. The first-order valence-electron chi connectivity index (χ1n) is 6.39. The van der Waals surface area contributed by atoms with Crippen molar-refractivity contribution in [1.82, 2.24) is 10.6 Å². The highest BCUT2D eigenvalue weighted by Gasteiger charge is 2.22. The number of piperidine rings is 1. The maximum atomic E-state index is 13.0. The molecule has 1 aromatic carbocycles. The van der Waals surface area contributed by atoms with E-state index in [0.717, 1.165) is 19.5 Å². The van der Waals surface area contributed by atoms with Gasteiger partial charge < -0.3 is 10.6 Å². The highest BCUT2D eigenvalue weighted by molar-refractivity contribution is 5.85. The van der Waals surface area contributed by atoms with Crippen molar-refractivity contribution >= 4 is 18.3 Å². The summed E-state index contributed by atoms with van der Waals surface area (Å²) in [5.41, 5.74) is 0.712. The van der Waals surface area contributed by atoms with E-state index in [1.165, 1.54) is 12.1 Å². The average molecular weight is 287 g/mol. The van der Waals surface area contributed by atoms with Crippen molar-refractivity contribution in [3.05, 3.63) is 35.6 Å². The second-order valence-corrected chi connectivity index (χ2v) is 4.95. The Morgan fingerprint density at radius 1 is 1.53 bits per heavy atom. The number of halogens is 2. The van der Waals surface area contributed by atoms with E-state index in [9.17, 15) is 9.18 Å². The summed E-state index contributed by atoms with van der Waals surface area (Å²) in [7, 11) is 0. The van der Waals surface area contributed by atoms with E-state index in [4.69, 9.17) is 0 Å². The molecule has 0 radical (unpaired) electrons. The second-order valence-electron chi connectivity index (χ2n) is 4.95. The minimum atomic E-state index is -0.298. The van der Waals surface area contributed by atoms with Crippen molar-refractivity contribution in [3.63, 3.8) is 0 Å². The third-order valence-corrected chi connectivity index (χ3v) is 3.43. The SMILES string of the molecule is CC1CCNCC1NC(=O)Cc1cccc(F)c1.Cl. The van der Waals surface area contributed by atoms with Crippen molar-refractivity contribution < 1.29 is 9.18 Å². The topological polar surface area (TPSA) is 41.1 Å². The summed E-state index contributed by atoms with van der Waals surface area (Å²) in [6.45, 7) is 3.97. The molecule has 1 aliphatic rings. The van der Waals surface area contributed by atoms with Gasteiger partial charge in [0.1, 0.15) is 5.82 Å². The zero-order chi connectivity index (χ0) is 13.0. The third kappa shape index (κ3) is 4.80. The zero-order valence-electron chi connectivity index (χ0n) is 11.0. The molecule has 0 aliphatic carbocycles. The van der Waals surface area contributed by atoms with Gasteiger partial charge in [0.15, 0.2) is 0 Å². The Labute approximate surface area is 119 Å². The first kappa shape index (κ1) is 15.9. The van der Waals surface area contributed by atoms with Crippen LogP contribution in [0.25, 0.3) is 0 Å². The molecule has 106 valence electrons. The van der Waals surface area contributed by atoms with Crippen LogP contribution < -0.4 is 10.6 Å². The normalized spacial score (nSPS) is 22.4. The molecule has 1 aliphatic heterocycles. The van der Waals surface area contributed by atoms with Crippen LogP contribution in [-0.4, -0.2) is 25.0 Å². The van der Waals surface area contributed by atoms with Crippen LogP contribution in [0.2, 0.25) is 0 Å². The molecule has 5 heteroatoms. The lowest BCUT2D eigenvalue weighted by atomic mass is 9.94. The van der Waals surface area contributed by atoms with E-state index >= 15 is 0 Å². The lowest BCUT2D eigenvalue weighted by molar-refractivity contribution is -0.121. The lowest BCUT2D eigenvalue weighted by Gasteiger charge is -2.30. The van der Waals surface area contributed by atoms with Crippen LogP contribution in [-0.2, 0) is 11.2 Å². The fraction of sp³-hybridized carbons (Fsp3) is 0.500. The number of amides is 1. The Morgan fingerprint density at radius 2 is 2.32 bits per heavy atom. The van der Waals surface area contributed by atoms with Crippen LogP contribution in [0, 0.1) is 11.7 Å². The summed E-state index contributed by atoms with van der Waals surface area (Å²) >= 11 is 0. The van der Waals surface area contributed by atoms with Crippen LogP contribution in [0.3, 0.4) is 0 Å². The molecular weight excluding hydrogens is 267 g/mol. The molecule has 0 spiro atoms. The van der Waals surface area contributed by atoms with E-state index < -0.39 is 0 Å². The lowest BCUT2D eigenvalue weighted by Crippen LogP contribution is -2.50. The summed E-state index contributed by atoms with van der Waals surface area (Å²) < 4.78 is 13.0.